The average Bonchev–Trinajstić information content (AvgIpc) is 2.39. The lowest BCUT2D eigenvalue weighted by atomic mass is 10.0. The molecule has 1 aromatic carbocycles. The largest absolute Gasteiger partial charge is 0.319 e. The molecule has 20 heavy (non-hydrogen) atoms. The Morgan fingerprint density at radius 2 is 1.95 bits per heavy atom. The van der Waals surface area contributed by atoms with Gasteiger partial charge in [0, 0.05) is 25.7 Å². The summed E-state index contributed by atoms with van der Waals surface area (Å²) in [5.41, 5.74) is 1.10. The fourth-order valence-electron chi connectivity index (χ4n) is 2.44. The van der Waals surface area contributed by atoms with E-state index in [-0.39, 0.29) is 6.04 Å². The van der Waals surface area contributed by atoms with Crippen molar-refractivity contribution >= 4 is 0 Å². The van der Waals surface area contributed by atoms with Gasteiger partial charge in [-0.25, -0.2) is 8.78 Å². The van der Waals surface area contributed by atoms with Gasteiger partial charge >= 0.3 is 12.3 Å². The first-order valence-corrected chi connectivity index (χ1v) is 6.63. The number of hydrogen-bond donors (Lipinski definition) is 1. The molecule has 1 fully saturated rings. The van der Waals surface area contributed by atoms with Crippen LogP contribution < -0.4 is 5.32 Å². The van der Waals surface area contributed by atoms with E-state index in [0.29, 0.717) is 26.1 Å². The molecule has 6 heteroatoms. The molecule has 1 aliphatic heterocycles. The number of alkyl halides is 4. The van der Waals surface area contributed by atoms with Gasteiger partial charge in [0.2, 0.25) is 0 Å². The Bertz CT molecular complexity index is 411. The lowest BCUT2D eigenvalue weighted by molar-refractivity contribution is -0.144. The molecular formula is C14H18F4N2. The molecule has 1 aliphatic rings. The minimum Gasteiger partial charge on any atom is -0.311 e. The predicted molar refractivity (Wildman–Crippen MR) is 69.3 cm³/mol. The van der Waals surface area contributed by atoms with Crippen molar-refractivity contribution in [1.82, 2.24) is 10.2 Å². The molecule has 2 nitrogen and oxygen atoms in total. The van der Waals surface area contributed by atoms with Gasteiger partial charge in [0.15, 0.2) is 0 Å². The van der Waals surface area contributed by atoms with E-state index in [9.17, 15) is 17.6 Å². The van der Waals surface area contributed by atoms with Gasteiger partial charge in [-0.3, -0.25) is 4.90 Å². The van der Waals surface area contributed by atoms with Crippen LogP contribution in [0, 0.1) is 0 Å². The van der Waals surface area contributed by atoms with Gasteiger partial charge in [-0.1, -0.05) is 30.3 Å². The Labute approximate surface area is 115 Å². The van der Waals surface area contributed by atoms with Crippen molar-refractivity contribution in [3.63, 3.8) is 0 Å². The van der Waals surface area contributed by atoms with Gasteiger partial charge in [0.05, 0.1) is 6.54 Å². The van der Waals surface area contributed by atoms with Crippen molar-refractivity contribution in [3.8, 4) is 0 Å². The van der Waals surface area contributed by atoms with Crippen LogP contribution in [-0.4, -0.2) is 49.5 Å². The van der Waals surface area contributed by atoms with E-state index in [1.54, 1.807) is 0 Å². The highest BCUT2D eigenvalue weighted by molar-refractivity contribution is 5.16. The summed E-state index contributed by atoms with van der Waals surface area (Å²) >= 11 is 0. The monoisotopic (exact) mass is 290 g/mol. The SMILES string of the molecule is FC(F)C(F)(F)CN1CCNC(Cc2ccccc2)C1. The molecule has 0 aliphatic carbocycles. The molecule has 1 unspecified atom stereocenters. The third-order valence-corrected chi connectivity index (χ3v) is 3.42. The third-order valence-electron chi connectivity index (χ3n) is 3.42. The Kier molecular flexibility index (Phi) is 4.99. The van der Waals surface area contributed by atoms with Crippen LogP contribution in [0.1, 0.15) is 5.56 Å². The maximum Gasteiger partial charge on any atom is 0.319 e. The molecule has 0 amide bonds. The first kappa shape index (κ1) is 15.3. The van der Waals surface area contributed by atoms with Gasteiger partial charge in [0.1, 0.15) is 0 Å². The fourth-order valence-corrected chi connectivity index (χ4v) is 2.44. The van der Waals surface area contributed by atoms with E-state index in [4.69, 9.17) is 0 Å². The van der Waals surface area contributed by atoms with Crippen LogP contribution in [-0.2, 0) is 6.42 Å². The van der Waals surface area contributed by atoms with Crippen molar-refractivity contribution in [2.24, 2.45) is 0 Å². The van der Waals surface area contributed by atoms with Crippen molar-refractivity contribution in [1.29, 1.82) is 0 Å². The molecule has 2 rings (SSSR count). The minimum atomic E-state index is -3.94. The Hall–Kier alpha value is -1.14. The Morgan fingerprint density at radius 3 is 2.60 bits per heavy atom. The van der Waals surface area contributed by atoms with E-state index in [2.05, 4.69) is 5.32 Å². The van der Waals surface area contributed by atoms with E-state index in [0.717, 1.165) is 5.56 Å². The molecule has 1 N–H and O–H groups in total. The van der Waals surface area contributed by atoms with Crippen molar-refractivity contribution in [2.45, 2.75) is 24.8 Å². The standard InChI is InChI=1S/C14H18F4N2/c15-13(16)14(17,18)10-20-7-6-19-12(9-20)8-11-4-2-1-3-5-11/h1-5,12-13,19H,6-10H2. The number of piperazine rings is 1. The van der Waals surface area contributed by atoms with Gasteiger partial charge in [-0.05, 0) is 12.0 Å². The second-order valence-electron chi connectivity index (χ2n) is 5.14. The van der Waals surface area contributed by atoms with Gasteiger partial charge in [0.25, 0.3) is 0 Å². The normalized spacial score (nSPS) is 21.4. The molecule has 0 radical (unpaired) electrons. The molecule has 0 spiro atoms. The summed E-state index contributed by atoms with van der Waals surface area (Å²) in [6.45, 7) is 0.388. The first-order valence-electron chi connectivity index (χ1n) is 6.63. The topological polar surface area (TPSA) is 15.3 Å². The number of halogens is 4. The molecule has 0 aromatic heterocycles. The summed E-state index contributed by atoms with van der Waals surface area (Å²) in [4.78, 5) is 1.41. The van der Waals surface area contributed by atoms with Gasteiger partial charge < -0.3 is 5.32 Å². The molecule has 1 saturated heterocycles. The van der Waals surface area contributed by atoms with Crippen LogP contribution in [0.15, 0.2) is 30.3 Å². The van der Waals surface area contributed by atoms with Crippen LogP contribution in [0.25, 0.3) is 0 Å². The van der Waals surface area contributed by atoms with E-state index >= 15 is 0 Å². The zero-order valence-corrected chi connectivity index (χ0v) is 11.0. The average molecular weight is 290 g/mol. The lowest BCUT2D eigenvalue weighted by Gasteiger charge is -2.35. The zero-order valence-electron chi connectivity index (χ0n) is 11.0. The summed E-state index contributed by atoms with van der Waals surface area (Å²) in [5, 5.41) is 3.24. The van der Waals surface area contributed by atoms with E-state index in [1.165, 1.54) is 4.90 Å². The van der Waals surface area contributed by atoms with Crippen molar-refractivity contribution < 1.29 is 17.6 Å². The molecule has 1 heterocycles. The molecule has 1 aromatic rings. The highest BCUT2D eigenvalue weighted by Crippen LogP contribution is 2.24. The lowest BCUT2D eigenvalue weighted by Crippen LogP contribution is -2.55. The van der Waals surface area contributed by atoms with Crippen molar-refractivity contribution in [2.75, 3.05) is 26.2 Å². The summed E-state index contributed by atoms with van der Waals surface area (Å²) in [6, 6.07) is 9.69. The number of rotatable bonds is 5. The number of nitrogens with zero attached hydrogens (tertiary/aromatic N) is 1. The highest BCUT2D eigenvalue weighted by atomic mass is 19.3. The summed E-state index contributed by atoms with van der Waals surface area (Å²) in [6.07, 6.45) is -2.90. The number of hydrogen-bond acceptors (Lipinski definition) is 2. The van der Waals surface area contributed by atoms with Gasteiger partial charge in [-0.2, -0.15) is 8.78 Å². The maximum atomic E-state index is 13.1. The predicted octanol–water partition coefficient (Wildman–Crippen LogP) is 2.40. The second kappa shape index (κ2) is 6.54. The van der Waals surface area contributed by atoms with Crippen LogP contribution in [0.3, 0.4) is 0 Å². The summed E-state index contributed by atoms with van der Waals surface area (Å²) in [5.74, 6) is -3.94. The van der Waals surface area contributed by atoms with E-state index < -0.39 is 18.9 Å². The van der Waals surface area contributed by atoms with Crippen LogP contribution in [0.4, 0.5) is 17.6 Å². The molecule has 1 atom stereocenters. The fraction of sp³-hybridized carbons (Fsp3) is 0.571. The van der Waals surface area contributed by atoms with Crippen LogP contribution >= 0.6 is 0 Å². The van der Waals surface area contributed by atoms with Gasteiger partial charge in [-0.15, -0.1) is 0 Å². The highest BCUT2D eigenvalue weighted by Gasteiger charge is 2.42. The number of nitrogens with one attached hydrogen (secondary N) is 1. The third kappa shape index (κ3) is 4.18. The number of benzene rings is 1. The molecule has 0 saturated carbocycles. The van der Waals surface area contributed by atoms with Crippen molar-refractivity contribution in [3.05, 3.63) is 35.9 Å². The molecular weight excluding hydrogens is 272 g/mol. The molecule has 0 bridgehead atoms. The van der Waals surface area contributed by atoms with Crippen LogP contribution in [0.2, 0.25) is 0 Å². The summed E-state index contributed by atoms with van der Waals surface area (Å²) < 4.78 is 50.6. The first-order chi connectivity index (χ1) is 9.47. The van der Waals surface area contributed by atoms with Crippen LogP contribution in [0.5, 0.6) is 0 Å². The maximum absolute atomic E-state index is 13.1. The smallest absolute Gasteiger partial charge is 0.311 e. The van der Waals surface area contributed by atoms with E-state index in [1.807, 2.05) is 30.3 Å². The summed E-state index contributed by atoms with van der Waals surface area (Å²) in [7, 11) is 0. The zero-order chi connectivity index (χ0) is 14.6. The molecule has 112 valence electrons. The second-order valence-corrected chi connectivity index (χ2v) is 5.14. The quantitative estimate of drug-likeness (QED) is 0.838. The minimum absolute atomic E-state index is 0.0135. The Balaban J connectivity index is 1.89. The Morgan fingerprint density at radius 1 is 1.25 bits per heavy atom.